The van der Waals surface area contributed by atoms with Gasteiger partial charge in [-0.05, 0) is 29.8 Å². The molecule has 1 atom stereocenters. The molecule has 4 aromatic rings. The first-order valence-electron chi connectivity index (χ1n) is 12.8. The molecule has 12 heteroatoms. The number of aldehydes is 1. The molecule has 0 radical (unpaired) electrons. The van der Waals surface area contributed by atoms with Crippen molar-refractivity contribution in [3.63, 3.8) is 0 Å². The summed E-state index contributed by atoms with van der Waals surface area (Å²) >= 11 is 1.20. The number of methoxy groups -OCH3 is 1. The first-order valence-corrected chi connectivity index (χ1v) is 14.0. The standard InChI is InChI=1S/C28H26N2O7.C3H6O2S/c1-30(28(33)36-19-12-10-18(11-13-19)16-35-17-31)24-8-5-7-21-20(24)14-15-23(26(21)32)27(37-29)22-6-3-4-9-25(22)34-2;4-1-2-6-3-5/h3-15,17,27,32H,16,29H2,1-2H3;1,5H,2-3H2. The predicted molar refractivity (Wildman–Crippen MR) is 163 cm³/mol. The second-order valence-electron chi connectivity index (χ2n) is 8.78. The van der Waals surface area contributed by atoms with Crippen molar-refractivity contribution in [1.29, 1.82) is 0 Å². The van der Waals surface area contributed by atoms with Crippen LogP contribution in [0.4, 0.5) is 10.5 Å². The normalized spacial score (nSPS) is 11.1. The Morgan fingerprint density at radius 2 is 1.72 bits per heavy atom. The number of benzene rings is 4. The van der Waals surface area contributed by atoms with Crippen molar-refractivity contribution in [3.05, 3.63) is 95.6 Å². The fourth-order valence-corrected chi connectivity index (χ4v) is 4.40. The summed E-state index contributed by atoms with van der Waals surface area (Å²) in [6.45, 7) is 0.502. The zero-order chi connectivity index (χ0) is 31.2. The van der Waals surface area contributed by atoms with Crippen molar-refractivity contribution >= 4 is 47.1 Å². The number of fused-ring (bicyclic) bond motifs is 1. The number of hydrogen-bond donors (Lipinski definition) is 3. The molecule has 0 saturated carbocycles. The molecule has 0 heterocycles. The van der Waals surface area contributed by atoms with E-state index in [1.165, 1.54) is 16.7 Å². The molecule has 1 amide bonds. The number of nitrogens with zero attached hydrogens (tertiary/aromatic N) is 1. The van der Waals surface area contributed by atoms with E-state index < -0.39 is 12.2 Å². The van der Waals surface area contributed by atoms with E-state index in [0.29, 0.717) is 51.3 Å². The van der Waals surface area contributed by atoms with E-state index in [4.69, 9.17) is 30.1 Å². The number of aromatic hydroxyl groups is 1. The topological polar surface area (TPSA) is 158 Å². The van der Waals surface area contributed by atoms with Crippen LogP contribution in [0.1, 0.15) is 22.8 Å². The molecule has 4 N–H and O–H groups in total. The van der Waals surface area contributed by atoms with Crippen molar-refractivity contribution in [3.8, 4) is 17.2 Å². The minimum atomic E-state index is -0.785. The minimum absolute atomic E-state index is 0.0318. The summed E-state index contributed by atoms with van der Waals surface area (Å²) in [5.41, 5.74) is 2.39. The lowest BCUT2D eigenvalue weighted by Gasteiger charge is -2.22. The molecule has 0 aliphatic heterocycles. The Morgan fingerprint density at radius 1 is 0.977 bits per heavy atom. The van der Waals surface area contributed by atoms with Crippen molar-refractivity contribution in [2.24, 2.45) is 5.90 Å². The van der Waals surface area contributed by atoms with Gasteiger partial charge in [0.25, 0.3) is 6.47 Å². The highest BCUT2D eigenvalue weighted by Gasteiger charge is 2.24. The maximum Gasteiger partial charge on any atom is 0.419 e. The first kappa shape index (κ1) is 32.9. The number of thioether (sulfide) groups is 1. The summed E-state index contributed by atoms with van der Waals surface area (Å²) in [6, 6.07) is 22.6. The van der Waals surface area contributed by atoms with Crippen LogP contribution in [0, 0.1) is 0 Å². The van der Waals surface area contributed by atoms with Gasteiger partial charge in [0, 0.05) is 28.9 Å². The average Bonchev–Trinajstić information content (AvgIpc) is 3.04. The van der Waals surface area contributed by atoms with Crippen molar-refractivity contribution in [1.82, 2.24) is 0 Å². The number of carbonyl (C=O) groups excluding carboxylic acids is 3. The molecule has 1 unspecified atom stereocenters. The summed E-state index contributed by atoms with van der Waals surface area (Å²) in [4.78, 5) is 39.3. The molecule has 0 aliphatic rings. The second kappa shape index (κ2) is 16.7. The number of aliphatic hydroxyl groups is 1. The van der Waals surface area contributed by atoms with E-state index >= 15 is 0 Å². The van der Waals surface area contributed by atoms with Crippen LogP contribution >= 0.6 is 11.8 Å². The maximum absolute atomic E-state index is 12.9. The third kappa shape index (κ3) is 8.46. The second-order valence-corrected chi connectivity index (χ2v) is 9.78. The summed E-state index contributed by atoms with van der Waals surface area (Å²) < 4.78 is 15.6. The molecule has 11 nitrogen and oxygen atoms in total. The van der Waals surface area contributed by atoms with Gasteiger partial charge < -0.3 is 29.2 Å². The number of amides is 1. The van der Waals surface area contributed by atoms with Gasteiger partial charge in [-0.25, -0.2) is 10.7 Å². The fourth-order valence-electron chi connectivity index (χ4n) is 4.20. The van der Waals surface area contributed by atoms with Gasteiger partial charge in [0.2, 0.25) is 0 Å². The lowest BCUT2D eigenvalue weighted by molar-refractivity contribution is -0.129. The number of ether oxygens (including phenoxy) is 3. The smallest absolute Gasteiger partial charge is 0.419 e. The van der Waals surface area contributed by atoms with Crippen LogP contribution in [0.3, 0.4) is 0 Å². The number of rotatable bonds is 12. The zero-order valence-electron chi connectivity index (χ0n) is 23.5. The van der Waals surface area contributed by atoms with Crippen LogP contribution in [0.15, 0.2) is 78.9 Å². The van der Waals surface area contributed by atoms with E-state index in [0.717, 1.165) is 11.8 Å². The lowest BCUT2D eigenvalue weighted by Crippen LogP contribution is -2.29. The molecule has 0 fully saturated rings. The number of anilines is 1. The lowest BCUT2D eigenvalue weighted by atomic mass is 9.96. The van der Waals surface area contributed by atoms with E-state index in [1.54, 1.807) is 74.8 Å². The van der Waals surface area contributed by atoms with Gasteiger partial charge in [-0.3, -0.25) is 14.5 Å². The van der Waals surface area contributed by atoms with Crippen molar-refractivity contribution in [2.45, 2.75) is 12.7 Å². The maximum atomic E-state index is 12.9. The third-order valence-electron chi connectivity index (χ3n) is 6.24. The van der Waals surface area contributed by atoms with Gasteiger partial charge in [-0.1, -0.05) is 54.6 Å². The fraction of sp³-hybridized carbons (Fsp3) is 0.194. The first-order chi connectivity index (χ1) is 20.9. The Balaban J connectivity index is 0.000000765. The number of nitrogens with two attached hydrogens (primary N) is 1. The molecule has 4 aromatic carbocycles. The molecule has 0 bridgehead atoms. The Hall–Kier alpha value is -4.62. The largest absolute Gasteiger partial charge is 0.507 e. The van der Waals surface area contributed by atoms with Gasteiger partial charge in [0.15, 0.2) is 0 Å². The van der Waals surface area contributed by atoms with Gasteiger partial charge in [-0.15, -0.1) is 11.8 Å². The van der Waals surface area contributed by atoms with E-state index in [2.05, 4.69) is 0 Å². The summed E-state index contributed by atoms with van der Waals surface area (Å²) in [5.74, 6) is 6.95. The van der Waals surface area contributed by atoms with Crippen LogP contribution in [-0.2, 0) is 25.8 Å². The highest BCUT2D eigenvalue weighted by Crippen LogP contribution is 2.41. The molecule has 43 heavy (non-hydrogen) atoms. The summed E-state index contributed by atoms with van der Waals surface area (Å²) in [7, 11) is 3.12. The number of phenolic OH excluding ortho intramolecular Hbond substituents is 1. The molecule has 0 saturated heterocycles. The van der Waals surface area contributed by atoms with Crippen molar-refractivity contribution in [2.75, 3.05) is 30.7 Å². The molecule has 0 aromatic heterocycles. The van der Waals surface area contributed by atoms with Gasteiger partial charge in [0.05, 0.1) is 24.5 Å². The quantitative estimate of drug-likeness (QED) is 0.0885. The summed E-state index contributed by atoms with van der Waals surface area (Å²) in [5, 5.41) is 20.3. The summed E-state index contributed by atoms with van der Waals surface area (Å²) in [6.07, 6.45) is -0.641. The van der Waals surface area contributed by atoms with Crippen LogP contribution < -0.4 is 20.3 Å². The van der Waals surface area contributed by atoms with Crippen LogP contribution in [0.2, 0.25) is 0 Å². The third-order valence-corrected chi connectivity index (χ3v) is 6.79. The Labute approximate surface area is 252 Å². The molecule has 0 aliphatic carbocycles. The molecule has 4 rings (SSSR count). The Kier molecular flexibility index (Phi) is 12.8. The molecular weight excluding hydrogens is 576 g/mol. The van der Waals surface area contributed by atoms with E-state index in [-0.39, 0.29) is 18.3 Å². The van der Waals surface area contributed by atoms with E-state index in [9.17, 15) is 19.5 Å². The highest BCUT2D eigenvalue weighted by molar-refractivity contribution is 7.99. The Bertz CT molecular complexity index is 1520. The van der Waals surface area contributed by atoms with Crippen LogP contribution in [-0.4, -0.2) is 54.9 Å². The Morgan fingerprint density at radius 3 is 2.35 bits per heavy atom. The van der Waals surface area contributed by atoms with E-state index in [1.807, 2.05) is 18.2 Å². The van der Waals surface area contributed by atoms with Gasteiger partial charge in [-0.2, -0.15) is 0 Å². The minimum Gasteiger partial charge on any atom is -0.507 e. The molecule has 226 valence electrons. The highest BCUT2D eigenvalue weighted by atomic mass is 32.2. The predicted octanol–water partition coefficient (Wildman–Crippen LogP) is 4.71. The average molecular weight is 609 g/mol. The van der Waals surface area contributed by atoms with Crippen LogP contribution in [0.5, 0.6) is 17.2 Å². The SMILES string of the molecule is COc1ccccc1C(ON)c1ccc2c(N(C)C(=O)Oc3ccc(COC=O)cc3)cccc2c1O.O=CCSCO. The van der Waals surface area contributed by atoms with Crippen LogP contribution in [0.25, 0.3) is 10.8 Å². The van der Waals surface area contributed by atoms with Gasteiger partial charge >= 0.3 is 6.09 Å². The van der Waals surface area contributed by atoms with Crippen molar-refractivity contribution < 1.29 is 43.6 Å². The monoisotopic (exact) mass is 608 g/mol. The number of hydrogen-bond acceptors (Lipinski definition) is 11. The number of phenols is 1. The molecular formula is C31H32N2O9S. The number of aliphatic hydroxyl groups excluding tert-OH is 1. The van der Waals surface area contributed by atoms with Gasteiger partial charge in [0.1, 0.15) is 36.2 Å². The molecule has 0 spiro atoms. The number of para-hydroxylation sites is 1. The number of carbonyl (C=O) groups is 3. The zero-order valence-corrected chi connectivity index (χ0v) is 24.4.